The number of aromatic nitrogens is 3. The normalized spacial score (nSPS) is 12.2. The van der Waals surface area contributed by atoms with Crippen LogP contribution < -0.4 is 5.32 Å². The van der Waals surface area contributed by atoms with E-state index in [1.807, 2.05) is 37.3 Å². The van der Waals surface area contributed by atoms with Gasteiger partial charge in [-0.2, -0.15) is 0 Å². The van der Waals surface area contributed by atoms with E-state index in [1.54, 1.807) is 17.5 Å². The molecule has 0 aliphatic carbocycles. The van der Waals surface area contributed by atoms with Crippen LogP contribution in [-0.4, -0.2) is 15.0 Å². The first-order valence-electron chi connectivity index (χ1n) is 7.90. The maximum Gasteiger partial charge on any atom is 0.227 e. The molecule has 24 heavy (non-hydrogen) atoms. The molecule has 1 unspecified atom stereocenters. The molecule has 0 spiro atoms. The van der Waals surface area contributed by atoms with Crippen molar-refractivity contribution in [2.45, 2.75) is 33.1 Å². The third-order valence-electron chi connectivity index (χ3n) is 3.81. The fraction of sp³-hybridized carbons (Fsp3) is 0.278. The maximum absolute atomic E-state index is 6.03. The van der Waals surface area contributed by atoms with Gasteiger partial charge < -0.3 is 5.32 Å². The van der Waals surface area contributed by atoms with Crippen molar-refractivity contribution in [3.05, 3.63) is 52.3 Å². The molecular formula is C18H19ClN4S. The SMILES string of the molecule is CCC(C)c1nc(C)sc1-c1ccnc(Nc2cccc(Cl)c2)n1. The first-order valence-corrected chi connectivity index (χ1v) is 9.09. The van der Waals surface area contributed by atoms with Gasteiger partial charge in [-0.3, -0.25) is 0 Å². The van der Waals surface area contributed by atoms with Gasteiger partial charge in [0.2, 0.25) is 5.95 Å². The topological polar surface area (TPSA) is 50.7 Å². The van der Waals surface area contributed by atoms with E-state index in [9.17, 15) is 0 Å². The quantitative estimate of drug-likeness (QED) is 0.624. The van der Waals surface area contributed by atoms with Gasteiger partial charge in [-0.05, 0) is 43.5 Å². The predicted molar refractivity (Wildman–Crippen MR) is 101 cm³/mol. The first-order chi connectivity index (χ1) is 11.6. The number of anilines is 2. The van der Waals surface area contributed by atoms with Crippen molar-refractivity contribution in [1.29, 1.82) is 0 Å². The summed E-state index contributed by atoms with van der Waals surface area (Å²) in [4.78, 5) is 14.8. The molecule has 3 rings (SSSR count). The fourth-order valence-electron chi connectivity index (χ4n) is 2.39. The Morgan fingerprint density at radius 1 is 1.25 bits per heavy atom. The number of hydrogen-bond acceptors (Lipinski definition) is 5. The Balaban J connectivity index is 1.94. The minimum Gasteiger partial charge on any atom is -0.324 e. The van der Waals surface area contributed by atoms with Gasteiger partial charge in [-0.1, -0.05) is 31.5 Å². The molecule has 0 fully saturated rings. The fourth-order valence-corrected chi connectivity index (χ4v) is 3.59. The largest absolute Gasteiger partial charge is 0.324 e. The minimum absolute atomic E-state index is 0.407. The van der Waals surface area contributed by atoms with Crippen molar-refractivity contribution >= 4 is 34.6 Å². The molecule has 0 aliphatic rings. The number of thiazole rings is 1. The molecule has 1 atom stereocenters. The Morgan fingerprint density at radius 2 is 2.08 bits per heavy atom. The van der Waals surface area contributed by atoms with Gasteiger partial charge in [0.15, 0.2) is 0 Å². The molecule has 1 aromatic carbocycles. The Hall–Kier alpha value is -1.98. The molecule has 0 bridgehead atoms. The summed E-state index contributed by atoms with van der Waals surface area (Å²) < 4.78 is 0. The van der Waals surface area contributed by atoms with Crippen LogP contribution in [0.3, 0.4) is 0 Å². The first kappa shape index (κ1) is 16.9. The van der Waals surface area contributed by atoms with Crippen molar-refractivity contribution in [1.82, 2.24) is 15.0 Å². The van der Waals surface area contributed by atoms with Gasteiger partial charge in [0.05, 0.1) is 21.3 Å². The summed E-state index contributed by atoms with van der Waals surface area (Å²) in [7, 11) is 0. The highest BCUT2D eigenvalue weighted by Gasteiger charge is 2.17. The van der Waals surface area contributed by atoms with Crippen LogP contribution in [0.15, 0.2) is 36.5 Å². The molecule has 124 valence electrons. The number of nitrogens with one attached hydrogen (secondary N) is 1. The zero-order valence-corrected chi connectivity index (χ0v) is 15.4. The molecule has 2 heterocycles. The number of nitrogens with zero attached hydrogens (tertiary/aromatic N) is 3. The molecule has 0 aliphatic heterocycles. The average molecular weight is 359 g/mol. The summed E-state index contributed by atoms with van der Waals surface area (Å²) in [5.41, 5.74) is 2.88. The molecule has 6 heteroatoms. The highest BCUT2D eigenvalue weighted by atomic mass is 35.5. The van der Waals surface area contributed by atoms with Gasteiger partial charge in [-0.15, -0.1) is 11.3 Å². The molecule has 0 saturated carbocycles. The highest BCUT2D eigenvalue weighted by molar-refractivity contribution is 7.15. The lowest BCUT2D eigenvalue weighted by molar-refractivity contribution is 0.713. The summed E-state index contributed by atoms with van der Waals surface area (Å²) in [6, 6.07) is 9.44. The number of aryl methyl sites for hydroxylation is 1. The Kier molecular flexibility index (Phi) is 5.11. The molecule has 4 nitrogen and oxygen atoms in total. The molecule has 1 N–H and O–H groups in total. The Bertz CT molecular complexity index is 847. The Morgan fingerprint density at radius 3 is 2.83 bits per heavy atom. The van der Waals surface area contributed by atoms with Gasteiger partial charge in [0.25, 0.3) is 0 Å². The lowest BCUT2D eigenvalue weighted by atomic mass is 10.0. The van der Waals surface area contributed by atoms with E-state index in [0.29, 0.717) is 16.9 Å². The summed E-state index contributed by atoms with van der Waals surface area (Å²) in [6.45, 7) is 6.41. The smallest absolute Gasteiger partial charge is 0.227 e. The third-order valence-corrected chi connectivity index (χ3v) is 5.05. The van der Waals surface area contributed by atoms with Crippen molar-refractivity contribution in [2.24, 2.45) is 0 Å². The minimum atomic E-state index is 0.407. The van der Waals surface area contributed by atoms with Crippen LogP contribution in [0.25, 0.3) is 10.6 Å². The van der Waals surface area contributed by atoms with E-state index in [2.05, 4.69) is 29.1 Å². The third kappa shape index (κ3) is 3.74. The summed E-state index contributed by atoms with van der Waals surface area (Å²) >= 11 is 7.70. The molecule has 3 aromatic rings. The van der Waals surface area contributed by atoms with E-state index in [4.69, 9.17) is 16.6 Å². The van der Waals surface area contributed by atoms with Gasteiger partial charge in [0, 0.05) is 16.9 Å². The van der Waals surface area contributed by atoms with Crippen LogP contribution in [0.5, 0.6) is 0 Å². The van der Waals surface area contributed by atoms with Crippen LogP contribution in [0.1, 0.15) is 36.9 Å². The predicted octanol–water partition coefficient (Wildman–Crippen LogP) is 5.82. The monoisotopic (exact) mass is 358 g/mol. The van der Waals surface area contributed by atoms with Crippen LogP contribution in [0.2, 0.25) is 5.02 Å². The summed E-state index contributed by atoms with van der Waals surface area (Å²) in [5.74, 6) is 0.958. The maximum atomic E-state index is 6.03. The van der Waals surface area contributed by atoms with Crippen LogP contribution in [0.4, 0.5) is 11.6 Å². The van der Waals surface area contributed by atoms with Gasteiger partial charge in [-0.25, -0.2) is 15.0 Å². The molecule has 0 saturated heterocycles. The molecule has 0 amide bonds. The second-order valence-corrected chi connectivity index (χ2v) is 7.30. The van der Waals surface area contributed by atoms with Crippen LogP contribution in [0, 0.1) is 6.92 Å². The molecular weight excluding hydrogens is 340 g/mol. The van der Waals surface area contributed by atoms with E-state index in [1.165, 1.54) is 0 Å². The van der Waals surface area contributed by atoms with Gasteiger partial charge >= 0.3 is 0 Å². The zero-order chi connectivity index (χ0) is 17.1. The second kappa shape index (κ2) is 7.28. The summed E-state index contributed by atoms with van der Waals surface area (Å²) in [5, 5.41) is 4.93. The van der Waals surface area contributed by atoms with Crippen LogP contribution >= 0.6 is 22.9 Å². The van der Waals surface area contributed by atoms with Crippen LogP contribution in [-0.2, 0) is 0 Å². The van der Waals surface area contributed by atoms with Crippen molar-refractivity contribution in [2.75, 3.05) is 5.32 Å². The lowest BCUT2D eigenvalue weighted by Crippen LogP contribution is -1.99. The van der Waals surface area contributed by atoms with E-state index in [0.717, 1.165) is 33.4 Å². The van der Waals surface area contributed by atoms with Crippen molar-refractivity contribution in [3.8, 4) is 10.6 Å². The second-order valence-electron chi connectivity index (χ2n) is 5.66. The molecule has 2 aromatic heterocycles. The lowest BCUT2D eigenvalue weighted by Gasteiger charge is -2.09. The van der Waals surface area contributed by atoms with E-state index >= 15 is 0 Å². The number of benzene rings is 1. The number of rotatable bonds is 5. The van der Waals surface area contributed by atoms with E-state index in [-0.39, 0.29) is 0 Å². The Labute approximate surface area is 151 Å². The van der Waals surface area contributed by atoms with Crippen molar-refractivity contribution < 1.29 is 0 Å². The number of halogens is 1. The van der Waals surface area contributed by atoms with Crippen molar-refractivity contribution in [3.63, 3.8) is 0 Å². The van der Waals surface area contributed by atoms with Gasteiger partial charge in [0.1, 0.15) is 0 Å². The van der Waals surface area contributed by atoms with E-state index < -0.39 is 0 Å². The zero-order valence-electron chi connectivity index (χ0n) is 13.9. The number of hydrogen-bond donors (Lipinski definition) is 1. The molecule has 0 radical (unpaired) electrons. The average Bonchev–Trinajstić information content (AvgIpc) is 2.96. The summed E-state index contributed by atoms with van der Waals surface area (Å²) in [6.07, 6.45) is 2.82. The highest BCUT2D eigenvalue weighted by Crippen LogP contribution is 2.34. The standard InChI is InChI=1S/C18H19ClN4S/c1-4-11(2)16-17(24-12(3)21-16)15-8-9-20-18(23-15)22-14-7-5-6-13(19)10-14/h5-11H,4H2,1-3H3,(H,20,22,23).